The number of nitrogens with zero attached hydrogens (tertiary/aromatic N) is 1. The zero-order valence-corrected chi connectivity index (χ0v) is 27.3. The third-order valence-corrected chi connectivity index (χ3v) is 6.70. The monoisotopic (exact) mass is 632 g/mol. The van der Waals surface area contributed by atoms with Crippen molar-refractivity contribution in [1.82, 2.24) is 0 Å². The molecular weight excluding hydrogens is 608 g/mol. The molecule has 40 heavy (non-hydrogen) atoms. The third kappa shape index (κ3) is 6.57. The van der Waals surface area contributed by atoms with Crippen LogP contribution in [0.4, 0.5) is 17.1 Å². The maximum absolute atomic E-state index is 5.01. The van der Waals surface area contributed by atoms with Crippen molar-refractivity contribution in [3.05, 3.63) is 162 Å². The van der Waals surface area contributed by atoms with Gasteiger partial charge in [0.15, 0.2) is 0 Å². The first-order valence-corrected chi connectivity index (χ1v) is 24.8. The summed E-state index contributed by atoms with van der Waals surface area (Å²) in [7, 11) is 17.2. The van der Waals surface area contributed by atoms with Gasteiger partial charge in [0, 0.05) is 28.6 Å². The normalized spacial score (nSPS) is 13.2. The number of para-hydroxylation sites is 2. The quantitative estimate of drug-likeness (QED) is 0.150. The van der Waals surface area contributed by atoms with Gasteiger partial charge in [-0.15, -0.1) is 0 Å². The van der Waals surface area contributed by atoms with Gasteiger partial charge in [-0.1, -0.05) is 91.0 Å². The summed E-state index contributed by atoms with van der Waals surface area (Å²) in [6.07, 6.45) is 0. The van der Waals surface area contributed by atoms with Crippen molar-refractivity contribution >= 4 is 63.0 Å². The van der Waals surface area contributed by atoms with Gasteiger partial charge < -0.3 is 5.32 Å². The molecule has 0 spiro atoms. The molecule has 0 saturated carbocycles. The van der Waals surface area contributed by atoms with Crippen molar-refractivity contribution in [1.29, 1.82) is 0 Å². The first-order chi connectivity index (χ1) is 19.5. The standard InChI is InChI=1S/C34H26N2.3ClH.Zn/c1-36-31-20-12-11-19-30(31)33(34(36)27-15-7-3-8-16-27)32(25-13-5-2-6-14-25)26-21-23-29(24-22-26)35-28-17-9-4-10-18-28;;;;/h2-24H,1H3;3*1H;/q;;;;+2/p-2. The number of benzene rings is 5. The maximum atomic E-state index is 5.01. The minimum atomic E-state index is -2.21. The van der Waals surface area contributed by atoms with Crippen molar-refractivity contribution in [2.24, 2.45) is 0 Å². The molecule has 0 saturated heterocycles. The van der Waals surface area contributed by atoms with E-state index in [4.69, 9.17) is 29.1 Å². The summed E-state index contributed by atoms with van der Waals surface area (Å²) >= 11 is -2.21. The van der Waals surface area contributed by atoms with Crippen LogP contribution >= 0.6 is 29.1 Å². The van der Waals surface area contributed by atoms with Crippen LogP contribution in [0.25, 0.3) is 11.1 Å². The average Bonchev–Trinajstić information content (AvgIpc) is 3.27. The van der Waals surface area contributed by atoms with Crippen molar-refractivity contribution in [3.8, 4) is 0 Å². The van der Waals surface area contributed by atoms with Gasteiger partial charge >= 0.3 is 42.1 Å². The second-order valence-electron chi connectivity index (χ2n) is 9.28. The zero-order valence-electron chi connectivity index (χ0n) is 22.1. The Bertz CT molecular complexity index is 1630. The van der Waals surface area contributed by atoms with Crippen molar-refractivity contribution in [2.45, 2.75) is 0 Å². The molecule has 0 amide bonds. The SMILES string of the molecule is C[N+]1=C(c2ccccc2)C(=C(c2ccccc2)c2ccc(Nc3ccccc3)cc2)c2ccccc21.[Cl][Zn-]([Cl])[Cl]. The van der Waals surface area contributed by atoms with E-state index in [2.05, 4.69) is 138 Å². The average molecular weight is 635 g/mol. The number of fused-ring (bicyclic) bond motifs is 1. The fraction of sp³-hybridized carbons (Fsp3) is 0.0294. The van der Waals surface area contributed by atoms with Crippen molar-refractivity contribution < 1.29 is 17.6 Å². The van der Waals surface area contributed by atoms with Crippen LogP contribution in [0, 0.1) is 0 Å². The first kappa shape index (κ1) is 28.3. The van der Waals surface area contributed by atoms with E-state index in [-0.39, 0.29) is 0 Å². The van der Waals surface area contributed by atoms with E-state index in [1.165, 1.54) is 44.8 Å². The Kier molecular flexibility index (Phi) is 9.52. The van der Waals surface area contributed by atoms with E-state index in [1.807, 2.05) is 18.2 Å². The summed E-state index contributed by atoms with van der Waals surface area (Å²) < 4.78 is 2.33. The summed E-state index contributed by atoms with van der Waals surface area (Å²) in [6, 6.07) is 49.2. The number of hydrogen-bond donors (Lipinski definition) is 1. The molecule has 2 nitrogen and oxygen atoms in total. The van der Waals surface area contributed by atoms with Crippen LogP contribution in [0.2, 0.25) is 0 Å². The van der Waals surface area contributed by atoms with Crippen LogP contribution in [0.1, 0.15) is 22.3 Å². The van der Waals surface area contributed by atoms with Crippen LogP contribution in [-0.4, -0.2) is 17.3 Å². The van der Waals surface area contributed by atoms with Gasteiger partial charge in [0.25, 0.3) is 0 Å². The number of allylic oxidation sites excluding steroid dienone is 1. The fourth-order valence-electron chi connectivity index (χ4n) is 5.05. The molecule has 1 aliphatic heterocycles. The van der Waals surface area contributed by atoms with E-state index < -0.39 is 13.0 Å². The third-order valence-electron chi connectivity index (χ3n) is 6.70. The summed E-state index contributed by atoms with van der Waals surface area (Å²) in [5.74, 6) is 0. The van der Waals surface area contributed by atoms with Gasteiger partial charge in [-0.25, -0.2) is 0 Å². The predicted molar refractivity (Wildman–Crippen MR) is 169 cm³/mol. The van der Waals surface area contributed by atoms with Crippen LogP contribution in [0.15, 0.2) is 140 Å². The molecule has 1 heterocycles. The predicted octanol–water partition coefficient (Wildman–Crippen LogP) is 10.2. The molecule has 5 aromatic carbocycles. The van der Waals surface area contributed by atoms with Crippen molar-refractivity contribution in [3.63, 3.8) is 0 Å². The zero-order chi connectivity index (χ0) is 27.9. The first-order valence-electron chi connectivity index (χ1n) is 13.1. The van der Waals surface area contributed by atoms with Gasteiger partial charge in [-0.05, 0) is 53.6 Å². The summed E-state index contributed by atoms with van der Waals surface area (Å²) in [6.45, 7) is 0. The minimum absolute atomic E-state index is 1.07. The Balaban J connectivity index is 0.000000758. The number of anilines is 2. The van der Waals surface area contributed by atoms with Gasteiger partial charge in [-0.3, -0.25) is 0 Å². The van der Waals surface area contributed by atoms with Gasteiger partial charge in [0.05, 0.1) is 11.1 Å². The Morgan fingerprint density at radius 3 is 1.68 bits per heavy atom. The Labute approximate surface area is 253 Å². The molecule has 0 atom stereocenters. The van der Waals surface area contributed by atoms with E-state index in [1.54, 1.807) is 0 Å². The molecule has 6 rings (SSSR count). The number of halogens is 3. The Hall–Kier alpha value is -3.20. The Morgan fingerprint density at radius 1 is 0.575 bits per heavy atom. The molecule has 1 N–H and O–H groups in total. The topological polar surface area (TPSA) is 15.0 Å². The molecule has 0 aromatic heterocycles. The molecule has 0 unspecified atom stereocenters. The molecule has 0 radical (unpaired) electrons. The van der Waals surface area contributed by atoms with Crippen LogP contribution in [0.5, 0.6) is 0 Å². The van der Waals surface area contributed by atoms with Crippen LogP contribution in [0.3, 0.4) is 0 Å². The molecule has 196 valence electrons. The van der Waals surface area contributed by atoms with Gasteiger partial charge in [0.1, 0.15) is 7.05 Å². The van der Waals surface area contributed by atoms with E-state index in [0.717, 1.165) is 11.4 Å². The fourth-order valence-corrected chi connectivity index (χ4v) is 5.05. The van der Waals surface area contributed by atoms with Crippen molar-refractivity contribution in [2.75, 3.05) is 12.4 Å². The molecule has 0 aliphatic carbocycles. The number of hydrogen-bond acceptors (Lipinski definition) is 1. The molecule has 1 aliphatic rings. The molecule has 0 bridgehead atoms. The number of rotatable bonds is 5. The van der Waals surface area contributed by atoms with Gasteiger partial charge in [0.2, 0.25) is 11.4 Å². The van der Waals surface area contributed by atoms with E-state index >= 15 is 0 Å². The van der Waals surface area contributed by atoms with E-state index in [9.17, 15) is 0 Å². The van der Waals surface area contributed by atoms with Gasteiger partial charge in [-0.2, -0.15) is 4.58 Å². The molecule has 0 fully saturated rings. The van der Waals surface area contributed by atoms with Crippen LogP contribution in [-0.2, 0) is 13.0 Å². The van der Waals surface area contributed by atoms with Crippen LogP contribution < -0.4 is 5.32 Å². The molecular formula is C34H27Cl3N2Zn. The molecule has 6 heteroatoms. The molecule has 5 aromatic rings. The summed E-state index contributed by atoms with van der Waals surface area (Å²) in [5.41, 5.74) is 11.9. The van der Waals surface area contributed by atoms with E-state index in [0.29, 0.717) is 0 Å². The second-order valence-corrected chi connectivity index (χ2v) is 23.1. The Morgan fingerprint density at radius 2 is 1.05 bits per heavy atom. The summed E-state index contributed by atoms with van der Waals surface area (Å²) in [5, 5.41) is 3.51. The second kappa shape index (κ2) is 13.4. The number of nitrogens with one attached hydrogen (secondary N) is 1. The summed E-state index contributed by atoms with van der Waals surface area (Å²) in [4.78, 5) is 0.